The standard InChI is InChI=1S/C16H17N3O3/c1-2-8-17-15(20)11-18-12-5-3-6-13(10-12)19-16(21)14-7-4-9-22-14/h2-7,9-10,18H,1,8,11H2,(H,17,20)(H,19,21). The van der Waals surface area contributed by atoms with Gasteiger partial charge in [0.1, 0.15) is 0 Å². The Morgan fingerprint density at radius 3 is 2.73 bits per heavy atom. The van der Waals surface area contributed by atoms with Crippen molar-refractivity contribution in [3.8, 4) is 0 Å². The third-order valence-corrected chi connectivity index (χ3v) is 2.76. The number of amides is 2. The van der Waals surface area contributed by atoms with Gasteiger partial charge in [-0.3, -0.25) is 9.59 Å². The summed E-state index contributed by atoms with van der Waals surface area (Å²) in [7, 11) is 0. The number of hydrogen-bond acceptors (Lipinski definition) is 4. The van der Waals surface area contributed by atoms with E-state index in [1.807, 2.05) is 6.07 Å². The van der Waals surface area contributed by atoms with Crippen molar-refractivity contribution in [1.29, 1.82) is 0 Å². The molecule has 0 bridgehead atoms. The van der Waals surface area contributed by atoms with Crippen LogP contribution in [0.15, 0.2) is 59.7 Å². The first-order valence-corrected chi connectivity index (χ1v) is 6.75. The minimum Gasteiger partial charge on any atom is -0.459 e. The highest BCUT2D eigenvalue weighted by Crippen LogP contribution is 2.16. The highest BCUT2D eigenvalue weighted by Gasteiger charge is 2.08. The minimum absolute atomic E-state index is 0.134. The van der Waals surface area contributed by atoms with Gasteiger partial charge in [-0.1, -0.05) is 12.1 Å². The van der Waals surface area contributed by atoms with Gasteiger partial charge in [-0.05, 0) is 30.3 Å². The molecule has 2 amide bonds. The number of carbonyl (C=O) groups excluding carboxylic acids is 2. The monoisotopic (exact) mass is 299 g/mol. The Hall–Kier alpha value is -3.02. The zero-order valence-electron chi connectivity index (χ0n) is 12.0. The fourth-order valence-corrected chi connectivity index (χ4v) is 1.74. The Labute approximate surface area is 128 Å². The number of anilines is 2. The number of hydrogen-bond donors (Lipinski definition) is 3. The highest BCUT2D eigenvalue weighted by molar-refractivity contribution is 6.02. The summed E-state index contributed by atoms with van der Waals surface area (Å²) >= 11 is 0. The van der Waals surface area contributed by atoms with Gasteiger partial charge in [-0.15, -0.1) is 6.58 Å². The highest BCUT2D eigenvalue weighted by atomic mass is 16.3. The molecule has 0 spiro atoms. The summed E-state index contributed by atoms with van der Waals surface area (Å²) in [6, 6.07) is 10.3. The molecular weight excluding hydrogens is 282 g/mol. The van der Waals surface area contributed by atoms with Crippen molar-refractivity contribution in [2.75, 3.05) is 23.7 Å². The van der Waals surface area contributed by atoms with Crippen molar-refractivity contribution < 1.29 is 14.0 Å². The Morgan fingerprint density at radius 2 is 2.00 bits per heavy atom. The van der Waals surface area contributed by atoms with Crippen LogP contribution in [0, 0.1) is 0 Å². The van der Waals surface area contributed by atoms with Gasteiger partial charge in [0.25, 0.3) is 5.91 Å². The van der Waals surface area contributed by atoms with Crippen molar-refractivity contribution in [3.05, 3.63) is 61.1 Å². The molecule has 0 unspecified atom stereocenters. The van der Waals surface area contributed by atoms with Gasteiger partial charge in [0.05, 0.1) is 12.8 Å². The average Bonchev–Trinajstić information content (AvgIpc) is 3.06. The number of nitrogens with one attached hydrogen (secondary N) is 3. The van der Waals surface area contributed by atoms with Crippen LogP contribution in [-0.4, -0.2) is 24.9 Å². The van der Waals surface area contributed by atoms with E-state index in [9.17, 15) is 9.59 Å². The molecule has 114 valence electrons. The predicted octanol–water partition coefficient (Wildman–Crippen LogP) is 2.25. The number of rotatable bonds is 7. The molecule has 0 fully saturated rings. The maximum absolute atomic E-state index is 11.9. The Balaban J connectivity index is 1.91. The molecule has 0 radical (unpaired) electrons. The van der Waals surface area contributed by atoms with Gasteiger partial charge in [-0.25, -0.2) is 0 Å². The van der Waals surface area contributed by atoms with Crippen molar-refractivity contribution in [2.45, 2.75) is 0 Å². The van der Waals surface area contributed by atoms with Crippen molar-refractivity contribution in [2.24, 2.45) is 0 Å². The summed E-state index contributed by atoms with van der Waals surface area (Å²) < 4.78 is 5.03. The van der Waals surface area contributed by atoms with Gasteiger partial charge >= 0.3 is 0 Å². The summed E-state index contributed by atoms with van der Waals surface area (Å²) in [5, 5.41) is 8.37. The van der Waals surface area contributed by atoms with E-state index in [1.165, 1.54) is 6.26 Å². The molecule has 0 atom stereocenters. The molecule has 2 rings (SSSR count). The van der Waals surface area contributed by atoms with Crippen molar-refractivity contribution in [3.63, 3.8) is 0 Å². The van der Waals surface area contributed by atoms with E-state index >= 15 is 0 Å². The lowest BCUT2D eigenvalue weighted by Gasteiger charge is -2.09. The largest absolute Gasteiger partial charge is 0.459 e. The molecule has 3 N–H and O–H groups in total. The summed E-state index contributed by atoms with van der Waals surface area (Å²) in [6.45, 7) is 4.10. The molecule has 0 saturated carbocycles. The average molecular weight is 299 g/mol. The van der Waals surface area contributed by atoms with Gasteiger partial charge in [-0.2, -0.15) is 0 Å². The minimum atomic E-state index is -0.328. The maximum atomic E-state index is 11.9. The second-order valence-electron chi connectivity index (χ2n) is 4.46. The molecule has 1 aromatic heterocycles. The smallest absolute Gasteiger partial charge is 0.291 e. The van der Waals surface area contributed by atoms with E-state index in [0.717, 1.165) is 5.69 Å². The maximum Gasteiger partial charge on any atom is 0.291 e. The normalized spacial score (nSPS) is 9.82. The molecule has 0 aliphatic rings. The summed E-state index contributed by atoms with van der Waals surface area (Å²) in [5.74, 6) is -0.224. The van der Waals surface area contributed by atoms with Crippen molar-refractivity contribution >= 4 is 23.2 Å². The first-order valence-electron chi connectivity index (χ1n) is 6.75. The van der Waals surface area contributed by atoms with Gasteiger partial charge in [0.2, 0.25) is 5.91 Å². The fraction of sp³-hybridized carbons (Fsp3) is 0.125. The van der Waals surface area contributed by atoms with Crippen LogP contribution in [0.1, 0.15) is 10.6 Å². The van der Waals surface area contributed by atoms with Crippen LogP contribution in [0.5, 0.6) is 0 Å². The molecule has 2 aromatic rings. The van der Waals surface area contributed by atoms with Crippen LogP contribution < -0.4 is 16.0 Å². The van der Waals surface area contributed by atoms with Crippen LogP contribution in [0.2, 0.25) is 0 Å². The van der Waals surface area contributed by atoms with E-state index < -0.39 is 0 Å². The van der Waals surface area contributed by atoms with Gasteiger partial charge in [0, 0.05) is 17.9 Å². The second kappa shape index (κ2) is 7.68. The SMILES string of the molecule is C=CCNC(=O)CNc1cccc(NC(=O)c2ccco2)c1. The molecular formula is C16H17N3O3. The van der Waals surface area contributed by atoms with E-state index in [2.05, 4.69) is 22.5 Å². The topological polar surface area (TPSA) is 83.4 Å². The zero-order chi connectivity index (χ0) is 15.8. The third-order valence-electron chi connectivity index (χ3n) is 2.76. The number of furan rings is 1. The van der Waals surface area contributed by atoms with E-state index in [4.69, 9.17) is 4.42 Å². The molecule has 0 saturated heterocycles. The second-order valence-corrected chi connectivity index (χ2v) is 4.46. The van der Waals surface area contributed by atoms with Crippen LogP contribution in [-0.2, 0) is 4.79 Å². The first kappa shape index (κ1) is 15.4. The molecule has 1 heterocycles. The number of benzene rings is 1. The molecule has 1 aromatic carbocycles. The Kier molecular flexibility index (Phi) is 5.37. The summed E-state index contributed by atoms with van der Waals surface area (Å²) in [4.78, 5) is 23.4. The van der Waals surface area contributed by atoms with Crippen LogP contribution in [0.25, 0.3) is 0 Å². The molecule has 6 heteroatoms. The predicted molar refractivity (Wildman–Crippen MR) is 84.8 cm³/mol. The van der Waals surface area contributed by atoms with Gasteiger partial charge in [0.15, 0.2) is 5.76 Å². The van der Waals surface area contributed by atoms with Crippen LogP contribution in [0.4, 0.5) is 11.4 Å². The van der Waals surface area contributed by atoms with Crippen LogP contribution in [0.3, 0.4) is 0 Å². The van der Waals surface area contributed by atoms with E-state index in [0.29, 0.717) is 12.2 Å². The lowest BCUT2D eigenvalue weighted by atomic mass is 10.2. The van der Waals surface area contributed by atoms with Gasteiger partial charge < -0.3 is 20.4 Å². The Morgan fingerprint density at radius 1 is 1.18 bits per heavy atom. The quantitative estimate of drug-likeness (QED) is 0.685. The van der Waals surface area contributed by atoms with Crippen molar-refractivity contribution in [1.82, 2.24) is 5.32 Å². The van der Waals surface area contributed by atoms with E-state index in [1.54, 1.807) is 36.4 Å². The zero-order valence-corrected chi connectivity index (χ0v) is 12.0. The molecule has 22 heavy (non-hydrogen) atoms. The molecule has 6 nitrogen and oxygen atoms in total. The molecule has 0 aliphatic carbocycles. The lowest BCUT2D eigenvalue weighted by molar-refractivity contribution is -0.119. The fourth-order valence-electron chi connectivity index (χ4n) is 1.74. The first-order chi connectivity index (χ1) is 10.7. The Bertz CT molecular complexity index is 650. The lowest BCUT2D eigenvalue weighted by Crippen LogP contribution is -2.29. The third kappa shape index (κ3) is 4.52. The number of carbonyl (C=O) groups is 2. The van der Waals surface area contributed by atoms with E-state index in [-0.39, 0.29) is 24.1 Å². The summed E-state index contributed by atoms with van der Waals surface area (Å²) in [6.07, 6.45) is 3.05. The van der Waals surface area contributed by atoms with Crippen LogP contribution >= 0.6 is 0 Å². The summed E-state index contributed by atoms with van der Waals surface area (Å²) in [5.41, 5.74) is 1.34. The molecule has 0 aliphatic heterocycles.